The molecular weight excluding hydrogens is 240 g/mol. The Hall–Kier alpha value is -1.94. The number of halogens is 1. The van der Waals surface area contributed by atoms with Crippen molar-refractivity contribution in [1.82, 2.24) is 0 Å². The topological polar surface area (TPSA) is 68.3 Å². The number of nitrogen functional groups attached to an aromatic ring is 1. The highest BCUT2D eigenvalue weighted by Gasteiger charge is 2.15. The monoisotopic (exact) mass is 250 g/mol. The van der Waals surface area contributed by atoms with Crippen molar-refractivity contribution >= 4 is 28.9 Å². The van der Waals surface area contributed by atoms with Gasteiger partial charge in [0, 0.05) is 5.56 Å². The number of hydrogen-bond acceptors (Lipinski definition) is 3. The molecule has 0 saturated heterocycles. The lowest BCUT2D eigenvalue weighted by Gasteiger charge is -2.08. The molecule has 0 spiro atoms. The van der Waals surface area contributed by atoms with Gasteiger partial charge in [-0.1, -0.05) is 17.7 Å². The van der Waals surface area contributed by atoms with Crippen molar-refractivity contribution < 1.29 is 9.21 Å². The van der Waals surface area contributed by atoms with E-state index in [1.54, 1.807) is 31.2 Å². The third-order valence-electron chi connectivity index (χ3n) is 2.35. The van der Waals surface area contributed by atoms with Gasteiger partial charge in [-0.3, -0.25) is 4.79 Å². The average Bonchev–Trinajstić information content (AvgIpc) is 2.70. The summed E-state index contributed by atoms with van der Waals surface area (Å²) >= 11 is 5.95. The van der Waals surface area contributed by atoms with Crippen LogP contribution in [0.15, 0.2) is 34.9 Å². The third-order valence-corrected chi connectivity index (χ3v) is 2.67. The van der Waals surface area contributed by atoms with E-state index < -0.39 is 0 Å². The van der Waals surface area contributed by atoms with Crippen molar-refractivity contribution in [3.63, 3.8) is 0 Å². The molecule has 5 heteroatoms. The number of nitrogens with two attached hydrogens (primary N) is 1. The Bertz CT molecular complexity index is 543. The quantitative estimate of drug-likeness (QED) is 0.805. The Labute approximate surface area is 103 Å². The number of nitrogens with one attached hydrogen (secondary N) is 1. The van der Waals surface area contributed by atoms with Crippen molar-refractivity contribution in [3.05, 3.63) is 46.9 Å². The molecule has 0 fully saturated rings. The van der Waals surface area contributed by atoms with Gasteiger partial charge >= 0.3 is 0 Å². The van der Waals surface area contributed by atoms with Crippen molar-refractivity contribution in [2.75, 3.05) is 11.1 Å². The van der Waals surface area contributed by atoms with Gasteiger partial charge in [0.05, 0.1) is 22.7 Å². The fraction of sp³-hybridized carbons (Fsp3) is 0.0833. The molecule has 0 saturated carbocycles. The summed E-state index contributed by atoms with van der Waals surface area (Å²) in [5.74, 6) is -0.114. The lowest BCUT2D eigenvalue weighted by Crippen LogP contribution is -2.13. The molecule has 4 nitrogen and oxygen atoms in total. The van der Waals surface area contributed by atoms with Gasteiger partial charge < -0.3 is 15.5 Å². The van der Waals surface area contributed by atoms with Crippen LogP contribution in [0.2, 0.25) is 5.02 Å². The van der Waals surface area contributed by atoms with Crippen LogP contribution in [0.3, 0.4) is 0 Å². The third kappa shape index (κ3) is 2.26. The standard InChI is InChI=1S/C12H11ClN2O2/c1-7-5-6-17-11(7)12(16)15-10-8(13)3-2-4-9(10)14/h2-6H,14H2,1H3,(H,15,16). The number of carbonyl (C=O) groups excluding carboxylic acids is 1. The first-order valence-electron chi connectivity index (χ1n) is 4.99. The SMILES string of the molecule is Cc1ccoc1C(=O)Nc1c(N)cccc1Cl. The number of furan rings is 1. The molecule has 0 bridgehead atoms. The maximum absolute atomic E-state index is 11.9. The first kappa shape index (κ1) is 11.5. The predicted molar refractivity (Wildman–Crippen MR) is 67.3 cm³/mol. The molecule has 3 N–H and O–H groups in total. The fourth-order valence-electron chi connectivity index (χ4n) is 1.45. The zero-order chi connectivity index (χ0) is 12.4. The Kier molecular flexibility index (Phi) is 3.06. The molecule has 0 aliphatic heterocycles. The maximum Gasteiger partial charge on any atom is 0.291 e. The lowest BCUT2D eigenvalue weighted by atomic mass is 10.2. The van der Waals surface area contributed by atoms with Crippen molar-refractivity contribution in [2.45, 2.75) is 6.92 Å². The van der Waals surface area contributed by atoms with Crippen LogP contribution < -0.4 is 11.1 Å². The van der Waals surface area contributed by atoms with Gasteiger partial charge in [-0.15, -0.1) is 0 Å². The van der Waals surface area contributed by atoms with Gasteiger partial charge in [0.1, 0.15) is 0 Å². The summed E-state index contributed by atoms with van der Waals surface area (Å²) < 4.78 is 5.08. The van der Waals surface area contributed by atoms with Crippen LogP contribution in [0.25, 0.3) is 0 Å². The first-order valence-corrected chi connectivity index (χ1v) is 5.37. The van der Waals surface area contributed by atoms with Gasteiger partial charge in [-0.25, -0.2) is 0 Å². The number of carbonyl (C=O) groups is 1. The van der Waals surface area contributed by atoms with Gasteiger partial charge in [-0.05, 0) is 25.1 Å². The second kappa shape index (κ2) is 4.51. The Morgan fingerprint density at radius 3 is 2.76 bits per heavy atom. The summed E-state index contributed by atoms with van der Waals surface area (Å²) in [6.07, 6.45) is 1.46. The molecular formula is C12H11ClN2O2. The highest BCUT2D eigenvalue weighted by atomic mass is 35.5. The van der Waals surface area contributed by atoms with Crippen LogP contribution >= 0.6 is 11.6 Å². The molecule has 17 heavy (non-hydrogen) atoms. The van der Waals surface area contributed by atoms with E-state index in [-0.39, 0.29) is 11.7 Å². The van der Waals surface area contributed by atoms with E-state index in [4.69, 9.17) is 21.8 Å². The molecule has 1 heterocycles. The summed E-state index contributed by atoms with van der Waals surface area (Å²) in [5, 5.41) is 3.02. The van der Waals surface area contributed by atoms with Crippen LogP contribution in [0.5, 0.6) is 0 Å². The zero-order valence-electron chi connectivity index (χ0n) is 9.16. The van der Waals surface area contributed by atoms with Crippen LogP contribution in [-0.4, -0.2) is 5.91 Å². The Balaban J connectivity index is 2.28. The van der Waals surface area contributed by atoms with Crippen molar-refractivity contribution in [3.8, 4) is 0 Å². The van der Waals surface area contributed by atoms with E-state index in [9.17, 15) is 4.79 Å². The first-order chi connectivity index (χ1) is 8.09. The van der Waals surface area contributed by atoms with E-state index in [1.807, 2.05) is 0 Å². The van der Waals surface area contributed by atoms with Crippen LogP contribution in [0, 0.1) is 6.92 Å². The van der Waals surface area contributed by atoms with E-state index in [2.05, 4.69) is 5.32 Å². The maximum atomic E-state index is 11.9. The molecule has 0 radical (unpaired) electrons. The van der Waals surface area contributed by atoms with E-state index in [1.165, 1.54) is 6.26 Å². The number of anilines is 2. The second-order valence-corrected chi connectivity index (χ2v) is 4.00. The predicted octanol–water partition coefficient (Wildman–Crippen LogP) is 3.08. The average molecular weight is 251 g/mol. The molecule has 0 atom stereocenters. The molecule has 0 aliphatic rings. The fourth-order valence-corrected chi connectivity index (χ4v) is 1.68. The summed E-state index contributed by atoms with van der Waals surface area (Å²) in [4.78, 5) is 11.9. The minimum atomic E-state index is -0.368. The molecule has 0 aliphatic carbocycles. The number of rotatable bonds is 2. The molecule has 1 aromatic heterocycles. The highest BCUT2D eigenvalue weighted by Crippen LogP contribution is 2.28. The molecule has 1 amide bonds. The number of amides is 1. The van der Waals surface area contributed by atoms with Crippen molar-refractivity contribution in [2.24, 2.45) is 0 Å². The number of aryl methyl sites for hydroxylation is 1. The van der Waals surface area contributed by atoms with E-state index >= 15 is 0 Å². The smallest absolute Gasteiger partial charge is 0.291 e. The summed E-state index contributed by atoms with van der Waals surface area (Å²) in [5.41, 5.74) is 7.30. The molecule has 2 rings (SSSR count). The van der Waals surface area contributed by atoms with Gasteiger partial charge in [0.25, 0.3) is 5.91 Å². The van der Waals surface area contributed by atoms with E-state index in [0.717, 1.165) is 5.56 Å². The van der Waals surface area contributed by atoms with E-state index in [0.29, 0.717) is 16.4 Å². The van der Waals surface area contributed by atoms with Crippen LogP contribution in [0.4, 0.5) is 11.4 Å². The zero-order valence-corrected chi connectivity index (χ0v) is 9.91. The second-order valence-electron chi connectivity index (χ2n) is 3.59. The van der Waals surface area contributed by atoms with Crippen LogP contribution in [0.1, 0.15) is 16.1 Å². The summed E-state index contributed by atoms with van der Waals surface area (Å²) in [7, 11) is 0. The Morgan fingerprint density at radius 1 is 1.41 bits per heavy atom. The molecule has 2 aromatic rings. The normalized spacial score (nSPS) is 10.2. The summed E-state index contributed by atoms with van der Waals surface area (Å²) in [6, 6.07) is 6.75. The highest BCUT2D eigenvalue weighted by molar-refractivity contribution is 6.34. The number of benzene rings is 1. The molecule has 0 unspecified atom stereocenters. The minimum Gasteiger partial charge on any atom is -0.459 e. The van der Waals surface area contributed by atoms with Gasteiger partial charge in [-0.2, -0.15) is 0 Å². The van der Waals surface area contributed by atoms with Crippen molar-refractivity contribution in [1.29, 1.82) is 0 Å². The molecule has 1 aromatic carbocycles. The minimum absolute atomic E-state index is 0.254. The van der Waals surface area contributed by atoms with Gasteiger partial charge in [0.15, 0.2) is 5.76 Å². The van der Waals surface area contributed by atoms with Crippen LogP contribution in [-0.2, 0) is 0 Å². The summed E-state index contributed by atoms with van der Waals surface area (Å²) in [6.45, 7) is 1.79. The lowest BCUT2D eigenvalue weighted by molar-refractivity contribution is 0.0996. The van der Waals surface area contributed by atoms with Gasteiger partial charge in [0.2, 0.25) is 0 Å². The number of hydrogen-bond donors (Lipinski definition) is 2. The number of para-hydroxylation sites is 1. The Morgan fingerprint density at radius 2 is 2.18 bits per heavy atom. The largest absolute Gasteiger partial charge is 0.459 e. The molecule has 88 valence electrons.